The van der Waals surface area contributed by atoms with E-state index in [1.165, 1.54) is 32.1 Å². The Hall–Kier alpha value is -0.570. The molecule has 1 rings (SSSR count). The molecule has 0 aliphatic heterocycles. The molecular weight excluding hydrogens is 190 g/mol. The zero-order valence-electron chi connectivity index (χ0n) is 9.91. The number of carboxylic acids is 1. The van der Waals surface area contributed by atoms with E-state index in [0.717, 1.165) is 6.54 Å². The summed E-state index contributed by atoms with van der Waals surface area (Å²) in [5, 5.41) is 8.89. The molecule has 0 amide bonds. The standard InChI is InChI=1S/C12H23NO2/c1-10(2)8-13(9-12(14)15)11-6-4-3-5-7-11/h10-11H,3-9H2,1-2H3,(H,14,15). The zero-order chi connectivity index (χ0) is 11.3. The van der Waals surface area contributed by atoms with Gasteiger partial charge < -0.3 is 5.11 Å². The average Bonchev–Trinajstić information content (AvgIpc) is 2.17. The number of hydrogen-bond acceptors (Lipinski definition) is 2. The fourth-order valence-electron chi connectivity index (χ4n) is 2.43. The van der Waals surface area contributed by atoms with E-state index in [0.29, 0.717) is 12.0 Å². The number of hydrogen-bond donors (Lipinski definition) is 1. The molecule has 0 heterocycles. The Morgan fingerprint density at radius 3 is 2.40 bits per heavy atom. The molecule has 0 saturated heterocycles. The fraction of sp³-hybridized carbons (Fsp3) is 0.917. The van der Waals surface area contributed by atoms with Gasteiger partial charge in [-0.05, 0) is 18.8 Å². The van der Waals surface area contributed by atoms with Crippen LogP contribution in [0.3, 0.4) is 0 Å². The van der Waals surface area contributed by atoms with Crippen LogP contribution >= 0.6 is 0 Å². The first-order chi connectivity index (χ1) is 7.09. The average molecular weight is 213 g/mol. The van der Waals surface area contributed by atoms with Crippen LogP contribution in [0, 0.1) is 5.92 Å². The number of carbonyl (C=O) groups is 1. The predicted octanol–water partition coefficient (Wildman–Crippen LogP) is 2.36. The highest BCUT2D eigenvalue weighted by atomic mass is 16.4. The van der Waals surface area contributed by atoms with Gasteiger partial charge in [-0.25, -0.2) is 0 Å². The Morgan fingerprint density at radius 1 is 1.33 bits per heavy atom. The highest BCUT2D eigenvalue weighted by Crippen LogP contribution is 2.23. The Kier molecular flexibility index (Phi) is 5.09. The molecule has 0 atom stereocenters. The summed E-state index contributed by atoms with van der Waals surface area (Å²) in [6.45, 7) is 5.43. The third-order valence-corrected chi connectivity index (χ3v) is 3.03. The van der Waals surface area contributed by atoms with Crippen molar-refractivity contribution in [1.82, 2.24) is 4.90 Å². The minimum absolute atomic E-state index is 0.211. The van der Waals surface area contributed by atoms with Crippen LogP contribution in [0.5, 0.6) is 0 Å². The van der Waals surface area contributed by atoms with E-state index in [-0.39, 0.29) is 6.54 Å². The molecule has 88 valence electrons. The van der Waals surface area contributed by atoms with E-state index in [9.17, 15) is 4.79 Å². The first kappa shape index (κ1) is 12.5. The molecule has 0 radical (unpaired) electrons. The maximum Gasteiger partial charge on any atom is 0.317 e. The first-order valence-electron chi connectivity index (χ1n) is 6.05. The minimum Gasteiger partial charge on any atom is -0.480 e. The Morgan fingerprint density at radius 2 is 1.93 bits per heavy atom. The number of aliphatic carboxylic acids is 1. The largest absolute Gasteiger partial charge is 0.480 e. The summed E-state index contributed by atoms with van der Waals surface area (Å²) in [6.07, 6.45) is 6.21. The first-order valence-corrected chi connectivity index (χ1v) is 6.05. The van der Waals surface area contributed by atoms with Crippen LogP contribution in [0.15, 0.2) is 0 Å². The summed E-state index contributed by atoms with van der Waals surface area (Å²) < 4.78 is 0. The highest BCUT2D eigenvalue weighted by molar-refractivity contribution is 5.69. The topological polar surface area (TPSA) is 40.5 Å². The van der Waals surface area contributed by atoms with Gasteiger partial charge in [-0.2, -0.15) is 0 Å². The van der Waals surface area contributed by atoms with Crippen LogP contribution in [0.25, 0.3) is 0 Å². The van der Waals surface area contributed by atoms with Gasteiger partial charge in [-0.3, -0.25) is 9.69 Å². The van der Waals surface area contributed by atoms with Gasteiger partial charge in [0.2, 0.25) is 0 Å². The SMILES string of the molecule is CC(C)CN(CC(=O)O)C1CCCCC1. The second-order valence-corrected chi connectivity index (χ2v) is 5.01. The van der Waals surface area contributed by atoms with Crippen LogP contribution in [0.4, 0.5) is 0 Å². The van der Waals surface area contributed by atoms with Crippen molar-refractivity contribution in [3.05, 3.63) is 0 Å². The van der Waals surface area contributed by atoms with Crippen LogP contribution in [-0.2, 0) is 4.79 Å². The molecule has 0 bridgehead atoms. The van der Waals surface area contributed by atoms with Crippen molar-refractivity contribution in [2.24, 2.45) is 5.92 Å². The van der Waals surface area contributed by atoms with Crippen molar-refractivity contribution in [2.75, 3.05) is 13.1 Å². The quantitative estimate of drug-likeness (QED) is 0.762. The molecule has 0 aromatic rings. The maximum absolute atomic E-state index is 10.8. The van der Waals surface area contributed by atoms with Crippen molar-refractivity contribution in [3.63, 3.8) is 0 Å². The van der Waals surface area contributed by atoms with Gasteiger partial charge in [0.15, 0.2) is 0 Å². The van der Waals surface area contributed by atoms with Crippen molar-refractivity contribution in [2.45, 2.75) is 52.0 Å². The van der Waals surface area contributed by atoms with Crippen LogP contribution in [-0.4, -0.2) is 35.1 Å². The lowest BCUT2D eigenvalue weighted by atomic mass is 9.93. The van der Waals surface area contributed by atoms with E-state index in [2.05, 4.69) is 18.7 Å². The van der Waals surface area contributed by atoms with Gasteiger partial charge in [0.05, 0.1) is 6.54 Å². The second-order valence-electron chi connectivity index (χ2n) is 5.01. The predicted molar refractivity (Wildman–Crippen MR) is 60.9 cm³/mol. The molecule has 1 N–H and O–H groups in total. The monoisotopic (exact) mass is 213 g/mol. The lowest BCUT2D eigenvalue weighted by Gasteiger charge is -2.34. The fourth-order valence-corrected chi connectivity index (χ4v) is 2.43. The third-order valence-electron chi connectivity index (χ3n) is 3.03. The molecule has 1 aliphatic rings. The summed E-state index contributed by atoms with van der Waals surface area (Å²) in [4.78, 5) is 13.0. The Bertz CT molecular complexity index is 198. The summed E-state index contributed by atoms with van der Waals surface area (Å²) in [5.74, 6) is -0.146. The minimum atomic E-state index is -0.693. The normalized spacial score (nSPS) is 18.7. The molecule has 15 heavy (non-hydrogen) atoms. The van der Waals surface area contributed by atoms with Crippen LogP contribution < -0.4 is 0 Å². The highest BCUT2D eigenvalue weighted by Gasteiger charge is 2.23. The molecule has 1 saturated carbocycles. The molecule has 1 fully saturated rings. The van der Waals surface area contributed by atoms with Crippen molar-refractivity contribution in [3.8, 4) is 0 Å². The second kappa shape index (κ2) is 6.11. The van der Waals surface area contributed by atoms with E-state index < -0.39 is 5.97 Å². The van der Waals surface area contributed by atoms with Gasteiger partial charge in [0.1, 0.15) is 0 Å². The smallest absolute Gasteiger partial charge is 0.317 e. The summed E-state index contributed by atoms with van der Waals surface area (Å²) in [6, 6.07) is 0.511. The zero-order valence-corrected chi connectivity index (χ0v) is 9.91. The molecule has 0 spiro atoms. The molecule has 3 nitrogen and oxygen atoms in total. The summed E-state index contributed by atoms with van der Waals surface area (Å²) in [7, 11) is 0. The maximum atomic E-state index is 10.8. The molecule has 0 unspecified atom stereocenters. The van der Waals surface area contributed by atoms with Crippen molar-refractivity contribution < 1.29 is 9.90 Å². The van der Waals surface area contributed by atoms with Crippen LogP contribution in [0.1, 0.15) is 46.0 Å². The lowest BCUT2D eigenvalue weighted by molar-refractivity contribution is -0.139. The van der Waals surface area contributed by atoms with E-state index in [4.69, 9.17) is 5.11 Å². The van der Waals surface area contributed by atoms with Gasteiger partial charge in [-0.1, -0.05) is 33.1 Å². The molecule has 1 aliphatic carbocycles. The number of nitrogens with zero attached hydrogens (tertiary/aromatic N) is 1. The van der Waals surface area contributed by atoms with Gasteiger partial charge in [0.25, 0.3) is 0 Å². The van der Waals surface area contributed by atoms with Gasteiger partial charge in [-0.15, -0.1) is 0 Å². The Balaban J connectivity index is 2.48. The van der Waals surface area contributed by atoms with Crippen molar-refractivity contribution in [1.29, 1.82) is 0 Å². The van der Waals surface area contributed by atoms with E-state index in [1.54, 1.807) is 0 Å². The third kappa shape index (κ3) is 4.65. The number of carboxylic acid groups (broad SMARTS) is 1. The van der Waals surface area contributed by atoms with Gasteiger partial charge in [0, 0.05) is 12.6 Å². The Labute approximate surface area is 92.5 Å². The van der Waals surface area contributed by atoms with E-state index >= 15 is 0 Å². The summed E-state index contributed by atoms with van der Waals surface area (Å²) >= 11 is 0. The van der Waals surface area contributed by atoms with Crippen molar-refractivity contribution >= 4 is 5.97 Å². The van der Waals surface area contributed by atoms with Gasteiger partial charge >= 0.3 is 5.97 Å². The molecular formula is C12H23NO2. The van der Waals surface area contributed by atoms with Crippen LogP contribution in [0.2, 0.25) is 0 Å². The number of rotatable bonds is 5. The molecule has 3 heteroatoms. The summed E-state index contributed by atoms with van der Waals surface area (Å²) in [5.41, 5.74) is 0. The van der Waals surface area contributed by atoms with E-state index in [1.807, 2.05) is 0 Å². The molecule has 0 aromatic heterocycles. The lowest BCUT2D eigenvalue weighted by Crippen LogP contribution is -2.42. The molecule has 0 aromatic carbocycles.